The summed E-state index contributed by atoms with van der Waals surface area (Å²) in [7, 11) is 1.59. The van der Waals surface area contributed by atoms with Gasteiger partial charge in [-0.2, -0.15) is 0 Å². The summed E-state index contributed by atoms with van der Waals surface area (Å²) >= 11 is 1.50. The number of urea groups is 1. The van der Waals surface area contributed by atoms with Gasteiger partial charge in [-0.25, -0.2) is 9.78 Å². The van der Waals surface area contributed by atoms with Crippen molar-refractivity contribution >= 4 is 23.3 Å². The fourth-order valence-corrected chi connectivity index (χ4v) is 4.36. The van der Waals surface area contributed by atoms with E-state index in [-0.39, 0.29) is 12.5 Å². The summed E-state index contributed by atoms with van der Waals surface area (Å²) in [5, 5.41) is 5.66. The van der Waals surface area contributed by atoms with E-state index in [0.717, 1.165) is 16.1 Å². The molecular formula is C22H21N3O3S. The van der Waals surface area contributed by atoms with Gasteiger partial charge in [0, 0.05) is 10.9 Å². The number of rotatable bonds is 6. The van der Waals surface area contributed by atoms with Crippen LogP contribution in [0.4, 0.5) is 4.79 Å². The van der Waals surface area contributed by atoms with E-state index in [1.807, 2.05) is 54.8 Å². The van der Waals surface area contributed by atoms with Gasteiger partial charge in [0.15, 0.2) is 0 Å². The predicted octanol–water partition coefficient (Wildman–Crippen LogP) is 4.18. The number of nitrogens with one attached hydrogen (secondary N) is 1. The third-order valence-corrected chi connectivity index (χ3v) is 6.12. The lowest BCUT2D eigenvalue weighted by Crippen LogP contribution is -2.43. The molecular weight excluding hydrogens is 386 g/mol. The summed E-state index contributed by atoms with van der Waals surface area (Å²) in [6.45, 7) is 2.04. The fourth-order valence-electron chi connectivity index (χ4n) is 3.54. The maximum Gasteiger partial charge on any atom is 0.325 e. The van der Waals surface area contributed by atoms with Crippen LogP contribution in [0, 0.1) is 0 Å². The molecule has 0 unspecified atom stereocenters. The Morgan fingerprint density at radius 1 is 1.10 bits per heavy atom. The van der Waals surface area contributed by atoms with E-state index in [1.54, 1.807) is 19.2 Å². The number of methoxy groups -OCH3 is 1. The number of carbonyl (C=O) groups excluding carboxylic acids is 2. The smallest absolute Gasteiger partial charge is 0.325 e. The van der Waals surface area contributed by atoms with Crippen molar-refractivity contribution in [2.75, 3.05) is 7.11 Å². The Morgan fingerprint density at radius 3 is 2.48 bits per heavy atom. The van der Waals surface area contributed by atoms with Crippen LogP contribution in [-0.2, 0) is 16.9 Å². The summed E-state index contributed by atoms with van der Waals surface area (Å²) in [6, 6.07) is 16.7. The van der Waals surface area contributed by atoms with Gasteiger partial charge in [-0.05, 0) is 24.1 Å². The zero-order chi connectivity index (χ0) is 20.4. The number of aromatic nitrogens is 1. The Kier molecular flexibility index (Phi) is 5.07. The Balaban J connectivity index is 1.58. The van der Waals surface area contributed by atoms with Crippen LogP contribution in [0.5, 0.6) is 5.75 Å². The van der Waals surface area contributed by atoms with Crippen molar-refractivity contribution in [3.63, 3.8) is 0 Å². The van der Waals surface area contributed by atoms with Crippen LogP contribution in [0.1, 0.15) is 24.6 Å². The van der Waals surface area contributed by atoms with Crippen molar-refractivity contribution in [2.45, 2.75) is 25.4 Å². The molecule has 1 aliphatic rings. The standard InChI is InChI=1S/C22H21N3O3S/c1-3-22(16-9-11-18(28-2)12-10-16)20(26)25(21(27)24-22)13-17-14-29-19(23-17)15-7-5-4-6-8-15/h4-12,14H,3,13H2,1-2H3,(H,24,27)/t22-/m0/s1. The summed E-state index contributed by atoms with van der Waals surface area (Å²) < 4.78 is 5.20. The quantitative estimate of drug-likeness (QED) is 0.623. The van der Waals surface area contributed by atoms with Gasteiger partial charge in [0.2, 0.25) is 0 Å². The molecule has 0 aliphatic carbocycles. The predicted molar refractivity (Wildman–Crippen MR) is 112 cm³/mol. The van der Waals surface area contributed by atoms with Crippen molar-refractivity contribution in [1.82, 2.24) is 15.2 Å². The van der Waals surface area contributed by atoms with E-state index in [1.165, 1.54) is 16.2 Å². The molecule has 3 amide bonds. The summed E-state index contributed by atoms with van der Waals surface area (Å²) in [5.74, 6) is 0.439. The second-order valence-electron chi connectivity index (χ2n) is 6.82. The van der Waals surface area contributed by atoms with Crippen molar-refractivity contribution in [3.05, 3.63) is 71.2 Å². The first-order chi connectivity index (χ1) is 14.1. The molecule has 1 atom stereocenters. The zero-order valence-electron chi connectivity index (χ0n) is 16.2. The van der Waals surface area contributed by atoms with Gasteiger partial charge in [0.1, 0.15) is 16.3 Å². The zero-order valence-corrected chi connectivity index (χ0v) is 17.0. The molecule has 29 heavy (non-hydrogen) atoms. The highest BCUT2D eigenvalue weighted by Gasteiger charge is 2.51. The van der Waals surface area contributed by atoms with Crippen LogP contribution in [0.25, 0.3) is 10.6 Å². The van der Waals surface area contributed by atoms with E-state index in [9.17, 15) is 9.59 Å². The highest BCUT2D eigenvalue weighted by molar-refractivity contribution is 7.13. The molecule has 1 saturated heterocycles. The van der Waals surface area contributed by atoms with Gasteiger partial charge < -0.3 is 10.1 Å². The average Bonchev–Trinajstić information content (AvgIpc) is 3.33. The molecule has 1 fully saturated rings. The van der Waals surface area contributed by atoms with Crippen LogP contribution < -0.4 is 10.1 Å². The molecule has 2 aromatic carbocycles. The number of amides is 3. The monoisotopic (exact) mass is 407 g/mol. The van der Waals surface area contributed by atoms with Crippen molar-refractivity contribution in [2.24, 2.45) is 0 Å². The first-order valence-corrected chi connectivity index (χ1v) is 10.2. The topological polar surface area (TPSA) is 71.5 Å². The summed E-state index contributed by atoms with van der Waals surface area (Å²) in [4.78, 5) is 31.8. The SMILES string of the molecule is CC[C@@]1(c2ccc(OC)cc2)NC(=O)N(Cc2csc(-c3ccccc3)n2)C1=O. The maximum atomic E-state index is 13.3. The van der Waals surface area contributed by atoms with Crippen molar-refractivity contribution in [3.8, 4) is 16.3 Å². The van der Waals surface area contributed by atoms with Gasteiger partial charge >= 0.3 is 6.03 Å². The molecule has 148 valence electrons. The van der Waals surface area contributed by atoms with Crippen LogP contribution >= 0.6 is 11.3 Å². The van der Waals surface area contributed by atoms with Crippen molar-refractivity contribution in [1.29, 1.82) is 0 Å². The van der Waals surface area contributed by atoms with Gasteiger partial charge in [0.25, 0.3) is 5.91 Å². The van der Waals surface area contributed by atoms with E-state index >= 15 is 0 Å². The molecule has 7 heteroatoms. The third kappa shape index (κ3) is 3.38. The van der Waals surface area contributed by atoms with E-state index < -0.39 is 11.6 Å². The average molecular weight is 407 g/mol. The maximum absolute atomic E-state index is 13.3. The number of thiazole rings is 1. The van der Waals surface area contributed by atoms with E-state index in [4.69, 9.17) is 4.74 Å². The largest absolute Gasteiger partial charge is 0.497 e. The molecule has 0 saturated carbocycles. The van der Waals surface area contributed by atoms with Crippen molar-refractivity contribution < 1.29 is 14.3 Å². The fraction of sp³-hybridized carbons (Fsp3) is 0.227. The van der Waals surface area contributed by atoms with Gasteiger partial charge in [-0.1, -0.05) is 49.4 Å². The third-order valence-electron chi connectivity index (χ3n) is 5.18. The highest BCUT2D eigenvalue weighted by atomic mass is 32.1. The second kappa shape index (κ2) is 7.67. The number of imide groups is 1. The van der Waals surface area contributed by atoms with E-state index in [0.29, 0.717) is 17.9 Å². The molecule has 1 N–H and O–H groups in total. The first kappa shape index (κ1) is 19.1. The molecule has 1 aromatic heterocycles. The Hall–Kier alpha value is -3.19. The van der Waals surface area contributed by atoms with Gasteiger partial charge in [-0.3, -0.25) is 9.69 Å². The Labute approximate surface area is 173 Å². The molecule has 0 spiro atoms. The number of ether oxygens (including phenoxy) is 1. The normalized spacial score (nSPS) is 18.8. The Bertz CT molecular complexity index is 1030. The molecule has 3 aromatic rings. The summed E-state index contributed by atoms with van der Waals surface area (Å²) in [6.07, 6.45) is 0.451. The first-order valence-electron chi connectivity index (χ1n) is 9.36. The Morgan fingerprint density at radius 2 is 1.83 bits per heavy atom. The lowest BCUT2D eigenvalue weighted by molar-refractivity contribution is -0.132. The molecule has 0 radical (unpaired) electrons. The number of nitrogens with zero attached hydrogens (tertiary/aromatic N) is 2. The minimum Gasteiger partial charge on any atom is -0.497 e. The highest BCUT2D eigenvalue weighted by Crippen LogP contribution is 2.34. The molecule has 0 bridgehead atoms. The minimum absolute atomic E-state index is 0.145. The molecule has 6 nitrogen and oxygen atoms in total. The van der Waals surface area contributed by atoms with Gasteiger partial charge in [-0.15, -0.1) is 11.3 Å². The number of hydrogen-bond donors (Lipinski definition) is 1. The second-order valence-corrected chi connectivity index (χ2v) is 7.68. The lowest BCUT2D eigenvalue weighted by atomic mass is 9.87. The lowest BCUT2D eigenvalue weighted by Gasteiger charge is -2.25. The summed E-state index contributed by atoms with van der Waals surface area (Å²) in [5.41, 5.74) is 1.38. The van der Waals surface area contributed by atoms with E-state index in [2.05, 4.69) is 10.3 Å². The van der Waals surface area contributed by atoms with Crippen LogP contribution in [-0.4, -0.2) is 28.9 Å². The van der Waals surface area contributed by atoms with Gasteiger partial charge in [0.05, 0.1) is 19.3 Å². The van der Waals surface area contributed by atoms with Crippen LogP contribution in [0.3, 0.4) is 0 Å². The number of carbonyl (C=O) groups is 2. The molecule has 4 rings (SSSR count). The minimum atomic E-state index is -1.07. The molecule has 2 heterocycles. The molecule has 1 aliphatic heterocycles. The van der Waals surface area contributed by atoms with Crippen LogP contribution in [0.2, 0.25) is 0 Å². The van der Waals surface area contributed by atoms with Crippen LogP contribution in [0.15, 0.2) is 60.0 Å². The number of benzene rings is 2. The number of hydrogen-bond acceptors (Lipinski definition) is 5.